The summed E-state index contributed by atoms with van der Waals surface area (Å²) in [4.78, 5) is 12.0. The molecule has 2 N–H and O–H groups in total. The van der Waals surface area contributed by atoms with Gasteiger partial charge >= 0.3 is 0 Å². The normalized spacial score (nSPS) is 12.4. The molecule has 1 heterocycles. The number of hydrogen-bond acceptors (Lipinski definition) is 3. The molecule has 0 radical (unpaired) electrons. The van der Waals surface area contributed by atoms with Crippen molar-refractivity contribution in [3.63, 3.8) is 0 Å². The van der Waals surface area contributed by atoms with Crippen LogP contribution in [0.1, 0.15) is 54.4 Å². The minimum absolute atomic E-state index is 0.166. The number of aliphatic hydroxyl groups is 1. The van der Waals surface area contributed by atoms with Crippen molar-refractivity contribution in [1.82, 2.24) is 15.1 Å². The first kappa shape index (κ1) is 16.2. The Morgan fingerprint density at radius 1 is 1.23 bits per heavy atom. The standard InChI is InChI=1S/C17H23N3O2/c1-4-20-10-9-15(19-20)17(22)18-11-16(21)14-7-5-13(6-8-14)12(2)3/h5-10,12,16,21H,4,11H2,1-3H3,(H,18,22). The van der Waals surface area contributed by atoms with Crippen LogP contribution in [-0.4, -0.2) is 27.3 Å². The number of aromatic nitrogens is 2. The number of aryl methyl sites for hydroxylation is 1. The summed E-state index contributed by atoms with van der Waals surface area (Å²) in [5.41, 5.74) is 2.39. The first-order valence-electron chi connectivity index (χ1n) is 7.60. The molecule has 0 bridgehead atoms. The van der Waals surface area contributed by atoms with Crippen molar-refractivity contribution in [3.8, 4) is 0 Å². The topological polar surface area (TPSA) is 67.2 Å². The van der Waals surface area contributed by atoms with E-state index >= 15 is 0 Å². The number of carbonyl (C=O) groups excluding carboxylic acids is 1. The Morgan fingerprint density at radius 2 is 1.86 bits per heavy atom. The maximum absolute atomic E-state index is 12.0. The lowest BCUT2D eigenvalue weighted by molar-refractivity contribution is 0.0910. The molecule has 0 aliphatic heterocycles. The first-order valence-corrected chi connectivity index (χ1v) is 7.60. The molecule has 0 saturated heterocycles. The average Bonchev–Trinajstić information content (AvgIpc) is 3.01. The Bertz CT molecular complexity index is 617. The van der Waals surface area contributed by atoms with E-state index < -0.39 is 6.10 Å². The van der Waals surface area contributed by atoms with Crippen molar-refractivity contribution in [1.29, 1.82) is 0 Å². The number of hydrogen-bond donors (Lipinski definition) is 2. The van der Waals surface area contributed by atoms with Crippen LogP contribution in [-0.2, 0) is 6.54 Å². The van der Waals surface area contributed by atoms with E-state index in [0.717, 1.165) is 12.1 Å². The fourth-order valence-corrected chi connectivity index (χ4v) is 2.16. The second-order valence-electron chi connectivity index (χ2n) is 5.60. The molecule has 1 unspecified atom stereocenters. The van der Waals surface area contributed by atoms with Crippen molar-refractivity contribution in [2.75, 3.05) is 6.54 Å². The van der Waals surface area contributed by atoms with Gasteiger partial charge in [0.25, 0.3) is 5.91 Å². The van der Waals surface area contributed by atoms with Crippen LogP contribution in [0.4, 0.5) is 0 Å². The molecular weight excluding hydrogens is 278 g/mol. The molecule has 1 aromatic carbocycles. The van der Waals surface area contributed by atoms with Crippen molar-refractivity contribution in [2.24, 2.45) is 0 Å². The highest BCUT2D eigenvalue weighted by molar-refractivity contribution is 5.92. The maximum Gasteiger partial charge on any atom is 0.271 e. The average molecular weight is 301 g/mol. The Morgan fingerprint density at radius 3 is 2.41 bits per heavy atom. The van der Waals surface area contributed by atoms with Gasteiger partial charge in [-0.05, 0) is 30.0 Å². The molecule has 0 spiro atoms. The smallest absolute Gasteiger partial charge is 0.271 e. The third-order valence-electron chi connectivity index (χ3n) is 3.64. The summed E-state index contributed by atoms with van der Waals surface area (Å²) >= 11 is 0. The molecule has 1 amide bonds. The van der Waals surface area contributed by atoms with E-state index in [0.29, 0.717) is 11.6 Å². The highest BCUT2D eigenvalue weighted by Gasteiger charge is 2.13. The van der Waals surface area contributed by atoms with Gasteiger partial charge in [-0.25, -0.2) is 0 Å². The fourth-order valence-electron chi connectivity index (χ4n) is 2.16. The molecule has 1 aromatic heterocycles. The van der Waals surface area contributed by atoms with Gasteiger partial charge in [-0.15, -0.1) is 0 Å². The van der Waals surface area contributed by atoms with Gasteiger partial charge in [-0.1, -0.05) is 38.1 Å². The van der Waals surface area contributed by atoms with Gasteiger partial charge in [-0.2, -0.15) is 5.10 Å². The summed E-state index contributed by atoms with van der Waals surface area (Å²) in [7, 11) is 0. The molecule has 0 saturated carbocycles. The Labute approximate surface area is 131 Å². The van der Waals surface area contributed by atoms with Crippen LogP contribution in [0.3, 0.4) is 0 Å². The number of carbonyl (C=O) groups is 1. The van der Waals surface area contributed by atoms with E-state index in [4.69, 9.17) is 0 Å². The molecule has 0 aliphatic carbocycles. The molecule has 118 valence electrons. The number of amides is 1. The third-order valence-corrected chi connectivity index (χ3v) is 3.64. The summed E-state index contributed by atoms with van der Waals surface area (Å²) < 4.78 is 1.69. The summed E-state index contributed by atoms with van der Waals surface area (Å²) in [5, 5.41) is 17.0. The van der Waals surface area contributed by atoms with Crippen LogP contribution in [0, 0.1) is 0 Å². The van der Waals surface area contributed by atoms with Crippen molar-refractivity contribution in [3.05, 3.63) is 53.3 Å². The van der Waals surface area contributed by atoms with Crippen LogP contribution in [0.25, 0.3) is 0 Å². The summed E-state index contributed by atoms with van der Waals surface area (Å²) in [6.45, 7) is 7.10. The van der Waals surface area contributed by atoms with E-state index in [1.165, 1.54) is 5.56 Å². The Kier molecular flexibility index (Phi) is 5.33. The minimum Gasteiger partial charge on any atom is -0.387 e. The Balaban J connectivity index is 1.91. The van der Waals surface area contributed by atoms with Gasteiger partial charge in [0.2, 0.25) is 0 Å². The highest BCUT2D eigenvalue weighted by Crippen LogP contribution is 2.18. The van der Waals surface area contributed by atoms with E-state index in [1.54, 1.807) is 16.9 Å². The number of nitrogens with zero attached hydrogens (tertiary/aromatic N) is 2. The quantitative estimate of drug-likeness (QED) is 0.861. The molecule has 5 nitrogen and oxygen atoms in total. The summed E-state index contributed by atoms with van der Waals surface area (Å²) in [6, 6.07) is 9.49. The van der Waals surface area contributed by atoms with Crippen molar-refractivity contribution >= 4 is 5.91 Å². The van der Waals surface area contributed by atoms with Gasteiger partial charge in [-0.3, -0.25) is 9.48 Å². The third kappa shape index (κ3) is 3.95. The Hall–Kier alpha value is -2.14. The largest absolute Gasteiger partial charge is 0.387 e. The molecule has 0 fully saturated rings. The zero-order valence-electron chi connectivity index (χ0n) is 13.3. The van der Waals surface area contributed by atoms with Crippen LogP contribution < -0.4 is 5.32 Å². The minimum atomic E-state index is -0.724. The van der Waals surface area contributed by atoms with Crippen LogP contribution in [0.2, 0.25) is 0 Å². The van der Waals surface area contributed by atoms with Crippen molar-refractivity contribution in [2.45, 2.75) is 39.3 Å². The molecule has 2 rings (SSSR count). The van der Waals surface area contributed by atoms with Gasteiger partial charge in [0.15, 0.2) is 0 Å². The van der Waals surface area contributed by atoms with Crippen LogP contribution in [0.15, 0.2) is 36.5 Å². The number of benzene rings is 1. The number of aliphatic hydroxyl groups excluding tert-OH is 1. The second kappa shape index (κ2) is 7.22. The molecule has 22 heavy (non-hydrogen) atoms. The summed E-state index contributed by atoms with van der Waals surface area (Å²) in [6.07, 6.45) is 1.04. The lowest BCUT2D eigenvalue weighted by atomic mass is 10.00. The maximum atomic E-state index is 12.0. The van der Waals surface area contributed by atoms with E-state index in [2.05, 4.69) is 24.3 Å². The number of nitrogens with one attached hydrogen (secondary N) is 1. The van der Waals surface area contributed by atoms with Crippen molar-refractivity contribution < 1.29 is 9.90 Å². The lowest BCUT2D eigenvalue weighted by Gasteiger charge is -2.13. The fraction of sp³-hybridized carbons (Fsp3) is 0.412. The molecule has 2 aromatic rings. The molecule has 1 atom stereocenters. The zero-order chi connectivity index (χ0) is 16.1. The lowest BCUT2D eigenvalue weighted by Crippen LogP contribution is -2.28. The van der Waals surface area contributed by atoms with Gasteiger partial charge in [0, 0.05) is 19.3 Å². The zero-order valence-corrected chi connectivity index (χ0v) is 13.3. The molecule has 0 aliphatic rings. The van der Waals surface area contributed by atoms with Crippen LogP contribution >= 0.6 is 0 Å². The SMILES string of the molecule is CCn1ccc(C(=O)NCC(O)c2ccc(C(C)C)cc2)n1. The van der Waals surface area contributed by atoms with Gasteiger partial charge in [0.1, 0.15) is 5.69 Å². The predicted octanol–water partition coefficient (Wildman–Crippen LogP) is 2.49. The van der Waals surface area contributed by atoms with Gasteiger partial charge < -0.3 is 10.4 Å². The molecular formula is C17H23N3O2. The molecule has 5 heteroatoms. The van der Waals surface area contributed by atoms with E-state index in [1.807, 2.05) is 31.2 Å². The summed E-state index contributed by atoms with van der Waals surface area (Å²) in [5.74, 6) is 0.185. The van der Waals surface area contributed by atoms with E-state index in [-0.39, 0.29) is 12.5 Å². The highest BCUT2D eigenvalue weighted by atomic mass is 16.3. The monoisotopic (exact) mass is 301 g/mol. The van der Waals surface area contributed by atoms with E-state index in [9.17, 15) is 9.90 Å². The second-order valence-corrected chi connectivity index (χ2v) is 5.60. The van der Waals surface area contributed by atoms with Crippen LogP contribution in [0.5, 0.6) is 0 Å². The number of rotatable bonds is 6. The predicted molar refractivity (Wildman–Crippen MR) is 85.7 cm³/mol. The van der Waals surface area contributed by atoms with Gasteiger partial charge in [0.05, 0.1) is 6.10 Å². The first-order chi connectivity index (χ1) is 10.5.